The molecule has 1 aliphatic heterocycles. The fraction of sp³-hybridized carbons (Fsp3) is 0.500. The van der Waals surface area contributed by atoms with Gasteiger partial charge in [-0.1, -0.05) is 30.7 Å². The van der Waals surface area contributed by atoms with Gasteiger partial charge in [-0.15, -0.1) is 11.8 Å². The Balaban J connectivity index is 1.79. The van der Waals surface area contributed by atoms with Crippen LogP contribution in [0.3, 0.4) is 0 Å². The molecule has 0 aliphatic carbocycles. The van der Waals surface area contributed by atoms with E-state index in [9.17, 15) is 9.59 Å². The van der Waals surface area contributed by atoms with Gasteiger partial charge in [0.2, 0.25) is 5.91 Å². The van der Waals surface area contributed by atoms with Gasteiger partial charge >= 0.3 is 5.97 Å². The lowest BCUT2D eigenvalue weighted by Crippen LogP contribution is -2.45. The van der Waals surface area contributed by atoms with Gasteiger partial charge in [0.25, 0.3) is 0 Å². The highest BCUT2D eigenvalue weighted by Gasteiger charge is 2.32. The maximum absolute atomic E-state index is 12.2. The number of thioether (sulfide) groups is 1. The topological polar surface area (TPSA) is 57.6 Å². The van der Waals surface area contributed by atoms with Gasteiger partial charge in [-0.2, -0.15) is 0 Å². The first-order chi connectivity index (χ1) is 10.5. The van der Waals surface area contributed by atoms with E-state index in [4.69, 9.17) is 16.7 Å². The first kappa shape index (κ1) is 17.2. The number of carboxylic acid groups (broad SMARTS) is 1. The molecule has 1 aromatic rings. The largest absolute Gasteiger partial charge is 0.481 e. The SMILES string of the molecule is CC1CN(C(=O)CCSc2ccccc2Cl)CCC1C(=O)O. The van der Waals surface area contributed by atoms with Crippen molar-refractivity contribution >= 4 is 35.2 Å². The minimum atomic E-state index is -0.756. The molecule has 2 atom stereocenters. The molecular weight excluding hydrogens is 322 g/mol. The summed E-state index contributed by atoms with van der Waals surface area (Å²) in [4.78, 5) is 26.1. The van der Waals surface area contributed by atoms with Gasteiger partial charge < -0.3 is 10.0 Å². The summed E-state index contributed by atoms with van der Waals surface area (Å²) < 4.78 is 0. The highest BCUT2D eigenvalue weighted by molar-refractivity contribution is 7.99. The zero-order chi connectivity index (χ0) is 16.1. The van der Waals surface area contributed by atoms with Crippen LogP contribution in [0.25, 0.3) is 0 Å². The molecule has 0 bridgehead atoms. The summed E-state index contributed by atoms with van der Waals surface area (Å²) in [6, 6.07) is 7.59. The molecule has 1 heterocycles. The second kappa shape index (κ2) is 7.88. The molecule has 0 spiro atoms. The number of carboxylic acids is 1. The molecule has 0 radical (unpaired) electrons. The highest BCUT2D eigenvalue weighted by Crippen LogP contribution is 2.28. The number of hydrogen-bond acceptors (Lipinski definition) is 3. The van der Waals surface area contributed by atoms with Crippen molar-refractivity contribution in [1.82, 2.24) is 4.90 Å². The number of halogens is 1. The summed E-state index contributed by atoms with van der Waals surface area (Å²) in [5.74, 6) is -0.312. The molecule has 1 N–H and O–H groups in total. The van der Waals surface area contributed by atoms with E-state index in [1.54, 1.807) is 16.7 Å². The van der Waals surface area contributed by atoms with Gasteiger partial charge in [0, 0.05) is 30.2 Å². The smallest absolute Gasteiger partial charge is 0.306 e. The third-order valence-corrected chi connectivity index (χ3v) is 5.50. The van der Waals surface area contributed by atoms with E-state index in [1.807, 2.05) is 31.2 Å². The lowest BCUT2D eigenvalue weighted by molar-refractivity contribution is -0.148. The highest BCUT2D eigenvalue weighted by atomic mass is 35.5. The van der Waals surface area contributed by atoms with Crippen LogP contribution in [0.5, 0.6) is 0 Å². The summed E-state index contributed by atoms with van der Waals surface area (Å²) in [6.07, 6.45) is 0.986. The van der Waals surface area contributed by atoms with E-state index in [-0.39, 0.29) is 17.7 Å². The van der Waals surface area contributed by atoms with Crippen LogP contribution in [0, 0.1) is 11.8 Å². The summed E-state index contributed by atoms with van der Waals surface area (Å²) in [6.45, 7) is 2.97. The van der Waals surface area contributed by atoms with Gasteiger partial charge in [0.15, 0.2) is 0 Å². The molecule has 1 aliphatic rings. The fourth-order valence-corrected chi connectivity index (χ4v) is 3.88. The number of carbonyl (C=O) groups is 2. The fourth-order valence-electron chi connectivity index (χ4n) is 2.71. The lowest BCUT2D eigenvalue weighted by Gasteiger charge is -2.35. The summed E-state index contributed by atoms with van der Waals surface area (Å²) in [7, 11) is 0. The summed E-state index contributed by atoms with van der Waals surface area (Å²) in [5, 5.41) is 9.81. The van der Waals surface area contributed by atoms with Gasteiger partial charge in [-0.05, 0) is 24.5 Å². The molecule has 4 nitrogen and oxygen atoms in total. The minimum absolute atomic E-state index is 0.00595. The number of nitrogens with zero attached hydrogens (tertiary/aromatic N) is 1. The molecule has 22 heavy (non-hydrogen) atoms. The Bertz CT molecular complexity index is 552. The van der Waals surface area contributed by atoms with Crippen LogP contribution in [-0.2, 0) is 9.59 Å². The van der Waals surface area contributed by atoms with E-state index in [0.29, 0.717) is 36.7 Å². The van der Waals surface area contributed by atoms with Crippen molar-refractivity contribution in [3.8, 4) is 0 Å². The number of likely N-dealkylation sites (tertiary alicyclic amines) is 1. The third-order valence-electron chi connectivity index (χ3n) is 3.99. The van der Waals surface area contributed by atoms with Crippen LogP contribution in [0.4, 0.5) is 0 Å². The predicted octanol–water partition coefficient (Wildman–Crippen LogP) is 3.39. The first-order valence-electron chi connectivity index (χ1n) is 7.37. The molecule has 2 unspecified atom stereocenters. The second-order valence-corrected chi connectivity index (χ2v) is 7.12. The van der Waals surface area contributed by atoms with Crippen LogP contribution in [0.1, 0.15) is 19.8 Å². The Morgan fingerprint density at radius 1 is 1.41 bits per heavy atom. The molecule has 0 aromatic heterocycles. The predicted molar refractivity (Wildman–Crippen MR) is 88.3 cm³/mol. The number of carbonyl (C=O) groups excluding carboxylic acids is 1. The minimum Gasteiger partial charge on any atom is -0.481 e. The number of hydrogen-bond donors (Lipinski definition) is 1. The van der Waals surface area contributed by atoms with E-state index in [1.165, 1.54) is 0 Å². The van der Waals surface area contributed by atoms with E-state index in [2.05, 4.69) is 0 Å². The Morgan fingerprint density at radius 3 is 2.77 bits per heavy atom. The molecule has 1 saturated heterocycles. The van der Waals surface area contributed by atoms with Crippen molar-refractivity contribution in [2.45, 2.75) is 24.7 Å². The zero-order valence-corrected chi connectivity index (χ0v) is 14.1. The lowest BCUT2D eigenvalue weighted by atomic mass is 9.87. The number of benzene rings is 1. The maximum Gasteiger partial charge on any atom is 0.306 e. The summed E-state index contributed by atoms with van der Waals surface area (Å²) >= 11 is 7.65. The Morgan fingerprint density at radius 2 is 2.14 bits per heavy atom. The monoisotopic (exact) mass is 341 g/mol. The van der Waals surface area contributed by atoms with Gasteiger partial charge in [0.1, 0.15) is 0 Å². The number of piperidine rings is 1. The Kier molecular flexibility index (Phi) is 6.15. The van der Waals surface area contributed by atoms with Crippen LogP contribution in [-0.4, -0.2) is 40.7 Å². The molecular formula is C16H20ClNO3S. The van der Waals surface area contributed by atoms with Crippen molar-refractivity contribution in [3.05, 3.63) is 29.3 Å². The van der Waals surface area contributed by atoms with E-state index < -0.39 is 5.97 Å². The van der Waals surface area contributed by atoms with Crippen molar-refractivity contribution in [3.63, 3.8) is 0 Å². The zero-order valence-electron chi connectivity index (χ0n) is 12.5. The van der Waals surface area contributed by atoms with Crippen molar-refractivity contribution in [1.29, 1.82) is 0 Å². The van der Waals surface area contributed by atoms with Crippen molar-refractivity contribution < 1.29 is 14.7 Å². The number of aliphatic carboxylic acids is 1. The first-order valence-corrected chi connectivity index (χ1v) is 8.73. The number of amides is 1. The molecule has 1 amide bonds. The number of rotatable bonds is 5. The Labute approximate surface area is 139 Å². The average molecular weight is 342 g/mol. The van der Waals surface area contributed by atoms with Crippen molar-refractivity contribution in [2.75, 3.05) is 18.8 Å². The van der Waals surface area contributed by atoms with E-state index >= 15 is 0 Å². The third kappa shape index (κ3) is 4.40. The normalized spacial score (nSPS) is 21.6. The van der Waals surface area contributed by atoms with Gasteiger partial charge in [-0.25, -0.2) is 0 Å². The summed E-state index contributed by atoms with van der Waals surface area (Å²) in [5.41, 5.74) is 0. The van der Waals surface area contributed by atoms with Crippen molar-refractivity contribution in [2.24, 2.45) is 11.8 Å². The molecule has 120 valence electrons. The molecule has 6 heteroatoms. The maximum atomic E-state index is 12.2. The molecule has 1 aromatic carbocycles. The van der Waals surface area contributed by atoms with Crippen LogP contribution in [0.15, 0.2) is 29.2 Å². The standard InChI is InChI=1S/C16H20ClNO3S/c1-11-10-18(8-6-12(11)16(20)21)15(19)7-9-22-14-5-3-2-4-13(14)17/h2-5,11-12H,6-10H2,1H3,(H,20,21). The van der Waals surface area contributed by atoms with Crippen LogP contribution < -0.4 is 0 Å². The van der Waals surface area contributed by atoms with Crippen LogP contribution >= 0.6 is 23.4 Å². The van der Waals surface area contributed by atoms with Crippen LogP contribution in [0.2, 0.25) is 5.02 Å². The second-order valence-electron chi connectivity index (χ2n) is 5.58. The average Bonchev–Trinajstić information content (AvgIpc) is 2.48. The molecule has 1 fully saturated rings. The van der Waals surface area contributed by atoms with Gasteiger partial charge in [-0.3, -0.25) is 9.59 Å². The quantitative estimate of drug-likeness (QED) is 0.834. The Hall–Kier alpha value is -1.20. The molecule has 2 rings (SSSR count). The molecule has 0 saturated carbocycles. The van der Waals surface area contributed by atoms with E-state index in [0.717, 1.165) is 4.90 Å². The van der Waals surface area contributed by atoms with Gasteiger partial charge in [0.05, 0.1) is 10.9 Å².